The monoisotopic (exact) mass is 455 g/mol. The fourth-order valence-corrected chi connectivity index (χ4v) is 8.34. The minimum absolute atomic E-state index is 0.130. The summed E-state index contributed by atoms with van der Waals surface area (Å²) in [5.74, 6) is 0.130. The molecule has 8 nitrogen and oxygen atoms in total. The highest BCUT2D eigenvalue weighted by Crippen LogP contribution is 2.56. The molecule has 4 atom stereocenters. The Bertz CT molecular complexity index is 1160. The molecule has 2 saturated heterocycles. The fraction of sp³-hybridized carbons (Fsp3) is 0.429. The number of aliphatic imine (C=N–C) groups is 1. The second-order valence-corrected chi connectivity index (χ2v) is 11.5. The molecule has 2 N–H and O–H groups in total. The molecular weight excluding hydrogens is 430 g/mol. The van der Waals surface area contributed by atoms with Crippen molar-refractivity contribution < 1.29 is 5.11 Å². The van der Waals surface area contributed by atoms with Gasteiger partial charge in [0.1, 0.15) is 21.5 Å². The van der Waals surface area contributed by atoms with E-state index >= 15 is 0 Å². The summed E-state index contributed by atoms with van der Waals surface area (Å²) in [6.45, 7) is 1.99. The van der Waals surface area contributed by atoms with E-state index in [0.29, 0.717) is 23.8 Å². The van der Waals surface area contributed by atoms with Crippen LogP contribution < -0.4 is 5.32 Å². The number of aromatic hydroxyl groups is 1. The predicted molar refractivity (Wildman–Crippen MR) is 124 cm³/mol. The summed E-state index contributed by atoms with van der Waals surface area (Å²) in [4.78, 5) is 14.2. The number of nitrogens with zero attached hydrogens (tertiary/aromatic N) is 6. The lowest BCUT2D eigenvalue weighted by molar-refractivity contribution is 0.264. The highest BCUT2D eigenvalue weighted by Gasteiger charge is 2.40. The van der Waals surface area contributed by atoms with E-state index in [4.69, 9.17) is 4.99 Å². The van der Waals surface area contributed by atoms with Crippen LogP contribution in [-0.4, -0.2) is 59.4 Å². The summed E-state index contributed by atoms with van der Waals surface area (Å²) in [6.07, 6.45) is 10.3. The molecule has 6 heterocycles. The van der Waals surface area contributed by atoms with E-state index in [2.05, 4.69) is 31.7 Å². The topological polar surface area (TPSA) is 91.5 Å². The van der Waals surface area contributed by atoms with Crippen LogP contribution in [0.15, 0.2) is 40.2 Å². The second kappa shape index (κ2) is 7.40. The molecule has 3 aliphatic heterocycles. The van der Waals surface area contributed by atoms with Crippen molar-refractivity contribution in [3.63, 3.8) is 0 Å². The fourth-order valence-electron chi connectivity index (χ4n) is 4.94. The minimum atomic E-state index is -0.924. The zero-order chi connectivity index (χ0) is 21.1. The van der Waals surface area contributed by atoms with Crippen molar-refractivity contribution in [1.29, 1.82) is 0 Å². The number of nitrogens with one attached hydrogen (secondary N) is 1. The average Bonchev–Trinajstić information content (AvgIpc) is 3.52. The Kier molecular flexibility index (Phi) is 4.64. The number of piperidine rings is 1. The minimum Gasteiger partial charge on any atom is -0.505 e. The van der Waals surface area contributed by atoms with Gasteiger partial charge in [-0.15, -0.1) is 22.4 Å². The van der Waals surface area contributed by atoms with Crippen LogP contribution in [0.25, 0.3) is 5.69 Å². The molecule has 2 bridgehead atoms. The maximum Gasteiger partial charge on any atom is 0.151 e. The van der Waals surface area contributed by atoms with Crippen molar-refractivity contribution >= 4 is 32.5 Å². The van der Waals surface area contributed by atoms with Gasteiger partial charge in [0.2, 0.25) is 0 Å². The largest absolute Gasteiger partial charge is 0.505 e. The Labute approximate surface area is 187 Å². The first-order chi connectivity index (χ1) is 15.1. The number of thiol groups is 1. The first kappa shape index (κ1) is 19.4. The van der Waals surface area contributed by atoms with Gasteiger partial charge in [0.15, 0.2) is 5.00 Å². The molecule has 3 aromatic rings. The number of hydrogen-bond donors (Lipinski definition) is 3. The van der Waals surface area contributed by atoms with Gasteiger partial charge in [-0.3, -0.25) is 4.31 Å². The summed E-state index contributed by atoms with van der Waals surface area (Å²) in [6, 6.07) is 3.43. The van der Waals surface area contributed by atoms with Crippen LogP contribution in [0.4, 0.5) is 5.00 Å². The Balaban J connectivity index is 1.35. The van der Waals surface area contributed by atoms with Gasteiger partial charge in [-0.2, -0.15) is 5.10 Å². The molecule has 10 heteroatoms. The van der Waals surface area contributed by atoms with Crippen molar-refractivity contribution in [2.45, 2.75) is 55.8 Å². The van der Waals surface area contributed by atoms with Gasteiger partial charge in [-0.25, -0.2) is 19.6 Å². The third-order valence-corrected chi connectivity index (χ3v) is 9.74. The molecule has 0 spiro atoms. The number of thiazole rings is 1. The van der Waals surface area contributed by atoms with Crippen LogP contribution in [0.3, 0.4) is 0 Å². The Morgan fingerprint density at radius 2 is 2.03 bits per heavy atom. The molecule has 162 valence electrons. The molecule has 31 heavy (non-hydrogen) atoms. The van der Waals surface area contributed by atoms with Gasteiger partial charge >= 0.3 is 0 Å². The number of hydrogen-bond acceptors (Lipinski definition) is 8. The third-order valence-electron chi connectivity index (χ3n) is 6.47. The van der Waals surface area contributed by atoms with Crippen molar-refractivity contribution in [3.8, 4) is 11.4 Å². The Morgan fingerprint density at radius 1 is 1.23 bits per heavy atom. The summed E-state index contributed by atoms with van der Waals surface area (Å²) >= 11 is 0.631. The standard InChI is InChI=1S/C21H25N7OS2/c1-12-8-24-28(10-12)16-7-17(29)18(22-9-16)20-26-19-21(23-11-30-19)31(20)27(2)15-5-13-3-4-14(6-15)25-13/h7-11,13-15,25,29,31H,3-6H2,1-2H3/t13-,14+,15-. The van der Waals surface area contributed by atoms with Gasteiger partial charge in [0, 0.05) is 30.4 Å². The van der Waals surface area contributed by atoms with E-state index in [1.165, 1.54) is 12.8 Å². The van der Waals surface area contributed by atoms with E-state index in [9.17, 15) is 5.11 Å². The quantitative estimate of drug-likeness (QED) is 0.523. The number of fused-ring (bicyclic) bond motifs is 3. The van der Waals surface area contributed by atoms with E-state index in [-0.39, 0.29) is 5.75 Å². The number of pyridine rings is 1. The Morgan fingerprint density at radius 3 is 2.74 bits per heavy atom. The highest BCUT2D eigenvalue weighted by atomic mass is 32.2. The van der Waals surface area contributed by atoms with Gasteiger partial charge < -0.3 is 10.4 Å². The lowest BCUT2D eigenvalue weighted by Gasteiger charge is -2.40. The van der Waals surface area contributed by atoms with Crippen LogP contribution in [0.2, 0.25) is 0 Å². The van der Waals surface area contributed by atoms with Crippen LogP contribution in [0.1, 0.15) is 36.9 Å². The van der Waals surface area contributed by atoms with Gasteiger partial charge in [0.25, 0.3) is 0 Å². The molecule has 0 radical (unpaired) electrons. The SMILES string of the molecule is Cc1cnn(-c2cnc(C3=Nc4scnc4[SH]3N(C)[C@@H]3C[C@H]4CC[C@@H](C3)N4)c(O)c2)c1. The normalized spacial score (nSPS) is 28.2. The maximum absolute atomic E-state index is 10.9. The molecule has 3 aromatic heterocycles. The van der Waals surface area contributed by atoms with Crippen molar-refractivity contribution in [2.24, 2.45) is 4.99 Å². The zero-order valence-electron chi connectivity index (χ0n) is 17.4. The molecule has 1 unspecified atom stereocenters. The molecule has 6 rings (SSSR count). The summed E-state index contributed by atoms with van der Waals surface area (Å²) < 4.78 is 4.19. The summed E-state index contributed by atoms with van der Waals surface area (Å²) in [5.41, 5.74) is 4.21. The van der Waals surface area contributed by atoms with Crippen LogP contribution in [-0.2, 0) is 0 Å². The molecule has 2 fully saturated rings. The average molecular weight is 456 g/mol. The van der Waals surface area contributed by atoms with Crippen LogP contribution in [0, 0.1) is 6.92 Å². The van der Waals surface area contributed by atoms with Crippen LogP contribution >= 0.6 is 22.4 Å². The van der Waals surface area contributed by atoms with Gasteiger partial charge in [-0.1, -0.05) is 0 Å². The lowest BCUT2D eigenvalue weighted by atomic mass is 10.0. The zero-order valence-corrected chi connectivity index (χ0v) is 19.1. The summed E-state index contributed by atoms with van der Waals surface area (Å²) in [7, 11) is 2.20. The predicted octanol–water partition coefficient (Wildman–Crippen LogP) is 3.32. The Hall–Kier alpha value is -2.27. The third kappa shape index (κ3) is 3.29. The number of aromatic nitrogens is 4. The number of rotatable bonds is 4. The smallest absolute Gasteiger partial charge is 0.151 e. The molecule has 0 aromatic carbocycles. The summed E-state index contributed by atoms with van der Waals surface area (Å²) in [5, 5.41) is 21.8. The number of aryl methyl sites for hydroxylation is 1. The van der Waals surface area contributed by atoms with E-state index in [1.54, 1.807) is 34.5 Å². The molecule has 3 aliphatic rings. The highest BCUT2D eigenvalue weighted by molar-refractivity contribution is 8.29. The van der Waals surface area contributed by atoms with Crippen LogP contribution in [0.5, 0.6) is 5.75 Å². The first-order valence-corrected chi connectivity index (χ1v) is 12.8. The second-order valence-electron chi connectivity index (χ2n) is 8.59. The molecule has 0 saturated carbocycles. The molecule has 0 aliphatic carbocycles. The van der Waals surface area contributed by atoms with Crippen molar-refractivity contribution in [2.75, 3.05) is 7.05 Å². The molecular formula is C21H25N7OS2. The lowest BCUT2D eigenvalue weighted by Crippen LogP contribution is -2.46. The van der Waals surface area contributed by atoms with E-state index < -0.39 is 11.1 Å². The van der Waals surface area contributed by atoms with Crippen molar-refractivity contribution in [1.82, 2.24) is 29.4 Å². The van der Waals surface area contributed by atoms with Gasteiger partial charge in [0.05, 0.1) is 23.6 Å². The molecule has 0 amide bonds. The van der Waals surface area contributed by atoms with Gasteiger partial charge in [-0.05, 0) is 45.2 Å². The maximum atomic E-state index is 10.9. The van der Waals surface area contributed by atoms with E-state index in [1.807, 2.05) is 18.6 Å². The van der Waals surface area contributed by atoms with E-state index in [0.717, 1.165) is 39.2 Å². The van der Waals surface area contributed by atoms with Crippen molar-refractivity contribution in [3.05, 3.63) is 41.4 Å². The first-order valence-electron chi connectivity index (χ1n) is 10.6.